The second kappa shape index (κ2) is 9.92. The van der Waals surface area contributed by atoms with Crippen molar-refractivity contribution in [3.05, 3.63) is 119 Å². The van der Waals surface area contributed by atoms with Crippen LogP contribution in [0.4, 0.5) is 5.13 Å². The van der Waals surface area contributed by atoms with Gasteiger partial charge in [0.15, 0.2) is 15.9 Å². The lowest BCUT2D eigenvalue weighted by Gasteiger charge is -2.23. The minimum atomic E-state index is -0.885. The minimum Gasteiger partial charge on any atom is -0.503 e. The van der Waals surface area contributed by atoms with Crippen LogP contribution in [-0.2, 0) is 10.5 Å². The standard InChI is InChI=1S/C29H21N3O4S2/c1-17-11-13-19(14-12-17)24-23(25(33)22-15-20-9-5-6-10-21(20)36-22)26(34)27(35)32(24)28-30-31-29(38-28)37-16-18-7-3-2-4-8-18/h2-15,24,34H,16H2,1H3. The highest BCUT2D eigenvalue weighted by Crippen LogP contribution is 2.44. The topological polar surface area (TPSA) is 96.5 Å². The molecule has 188 valence electrons. The first kappa shape index (κ1) is 24.1. The van der Waals surface area contributed by atoms with E-state index >= 15 is 0 Å². The number of amides is 1. The van der Waals surface area contributed by atoms with Gasteiger partial charge >= 0.3 is 0 Å². The third kappa shape index (κ3) is 4.40. The third-order valence-corrected chi connectivity index (χ3v) is 8.43. The highest BCUT2D eigenvalue weighted by molar-refractivity contribution is 8.00. The number of furan rings is 1. The summed E-state index contributed by atoms with van der Waals surface area (Å²) >= 11 is 2.75. The maximum absolute atomic E-state index is 13.7. The highest BCUT2D eigenvalue weighted by atomic mass is 32.2. The number of Topliss-reactive ketones (excluding diaryl/α,β-unsaturated/α-hetero) is 1. The van der Waals surface area contributed by atoms with Gasteiger partial charge < -0.3 is 9.52 Å². The molecule has 7 nitrogen and oxygen atoms in total. The zero-order valence-corrected chi connectivity index (χ0v) is 21.8. The van der Waals surface area contributed by atoms with Gasteiger partial charge in [-0.3, -0.25) is 14.5 Å². The van der Waals surface area contributed by atoms with Crippen LogP contribution in [0.25, 0.3) is 11.0 Å². The Kier molecular flexibility index (Phi) is 6.30. The van der Waals surface area contributed by atoms with Crippen molar-refractivity contribution in [3.8, 4) is 0 Å². The summed E-state index contributed by atoms with van der Waals surface area (Å²) in [7, 11) is 0. The summed E-state index contributed by atoms with van der Waals surface area (Å²) in [5.41, 5.74) is 3.33. The number of nitrogens with zero attached hydrogens (tertiary/aromatic N) is 3. The van der Waals surface area contributed by atoms with Crippen molar-refractivity contribution in [1.82, 2.24) is 10.2 Å². The van der Waals surface area contributed by atoms with E-state index in [9.17, 15) is 14.7 Å². The summed E-state index contributed by atoms with van der Waals surface area (Å²) < 4.78 is 6.47. The van der Waals surface area contributed by atoms with Gasteiger partial charge in [-0.05, 0) is 30.2 Å². The number of rotatable bonds is 7. The van der Waals surface area contributed by atoms with Gasteiger partial charge in [0.05, 0.1) is 11.6 Å². The summed E-state index contributed by atoms with van der Waals surface area (Å²) in [5.74, 6) is -1.12. The summed E-state index contributed by atoms with van der Waals surface area (Å²) in [4.78, 5) is 28.5. The number of aliphatic hydroxyl groups excluding tert-OH is 1. The first-order chi connectivity index (χ1) is 18.5. The molecule has 2 aromatic heterocycles. The Morgan fingerprint density at radius 2 is 1.76 bits per heavy atom. The van der Waals surface area contributed by atoms with E-state index in [1.54, 1.807) is 12.1 Å². The van der Waals surface area contributed by atoms with Crippen molar-refractivity contribution >= 4 is 50.9 Å². The zero-order chi connectivity index (χ0) is 26.2. The number of fused-ring (bicyclic) bond motifs is 1. The van der Waals surface area contributed by atoms with Crippen LogP contribution in [0.1, 0.15) is 33.3 Å². The van der Waals surface area contributed by atoms with Gasteiger partial charge in [0, 0.05) is 11.1 Å². The molecule has 0 bridgehead atoms. The van der Waals surface area contributed by atoms with Crippen LogP contribution >= 0.6 is 23.1 Å². The van der Waals surface area contributed by atoms with E-state index < -0.39 is 23.5 Å². The van der Waals surface area contributed by atoms with Gasteiger partial charge in [-0.1, -0.05) is 101 Å². The van der Waals surface area contributed by atoms with Crippen molar-refractivity contribution < 1.29 is 19.1 Å². The zero-order valence-electron chi connectivity index (χ0n) is 20.2. The Bertz CT molecular complexity index is 1660. The average Bonchev–Trinajstić information content (AvgIpc) is 3.65. The van der Waals surface area contributed by atoms with Crippen LogP contribution in [0, 0.1) is 6.92 Å². The fraction of sp³-hybridized carbons (Fsp3) is 0.103. The highest BCUT2D eigenvalue weighted by Gasteiger charge is 2.46. The summed E-state index contributed by atoms with van der Waals surface area (Å²) in [5, 5.41) is 20.6. The Labute approximate surface area is 226 Å². The Hall–Kier alpha value is -4.21. The Morgan fingerprint density at radius 1 is 1.03 bits per heavy atom. The number of para-hydroxylation sites is 1. The number of aromatic nitrogens is 2. The molecule has 1 unspecified atom stereocenters. The molecule has 38 heavy (non-hydrogen) atoms. The molecule has 3 aromatic carbocycles. The predicted octanol–water partition coefficient (Wildman–Crippen LogP) is 6.67. The van der Waals surface area contributed by atoms with Crippen LogP contribution < -0.4 is 4.90 Å². The van der Waals surface area contributed by atoms with E-state index in [0.717, 1.165) is 16.5 Å². The van der Waals surface area contributed by atoms with Crippen molar-refractivity contribution in [2.75, 3.05) is 4.90 Å². The normalized spacial score (nSPS) is 15.6. The van der Waals surface area contributed by atoms with Crippen LogP contribution in [0.2, 0.25) is 0 Å². The summed E-state index contributed by atoms with van der Waals surface area (Å²) in [6, 6.07) is 25.5. The number of anilines is 1. The molecule has 1 atom stereocenters. The van der Waals surface area contributed by atoms with Gasteiger partial charge in [0.1, 0.15) is 5.58 Å². The van der Waals surface area contributed by atoms with Crippen LogP contribution in [0.5, 0.6) is 0 Å². The molecule has 9 heteroatoms. The lowest BCUT2D eigenvalue weighted by molar-refractivity contribution is -0.117. The second-order valence-corrected chi connectivity index (χ2v) is 11.0. The SMILES string of the molecule is Cc1ccc(C2C(C(=O)c3cc4ccccc4o3)=C(O)C(=O)N2c2nnc(SCc3ccccc3)s2)cc1. The van der Waals surface area contributed by atoms with E-state index in [1.807, 2.05) is 79.7 Å². The maximum Gasteiger partial charge on any atom is 0.296 e. The molecule has 1 amide bonds. The van der Waals surface area contributed by atoms with E-state index in [-0.39, 0.29) is 11.3 Å². The number of hydrogen-bond acceptors (Lipinski definition) is 8. The molecule has 0 radical (unpaired) electrons. The molecule has 0 saturated heterocycles. The molecule has 0 aliphatic carbocycles. The number of aliphatic hydroxyl groups is 1. The molecule has 3 heterocycles. The predicted molar refractivity (Wildman–Crippen MR) is 148 cm³/mol. The number of aryl methyl sites for hydroxylation is 1. The number of ketones is 1. The lowest BCUT2D eigenvalue weighted by Crippen LogP contribution is -2.31. The average molecular weight is 540 g/mol. The summed E-state index contributed by atoms with van der Waals surface area (Å²) in [6.45, 7) is 1.95. The van der Waals surface area contributed by atoms with Gasteiger partial charge in [0.2, 0.25) is 10.9 Å². The van der Waals surface area contributed by atoms with Crippen LogP contribution in [0.3, 0.4) is 0 Å². The molecule has 5 aromatic rings. The largest absolute Gasteiger partial charge is 0.503 e. The second-order valence-electron chi connectivity index (χ2n) is 8.85. The first-order valence-electron chi connectivity index (χ1n) is 11.9. The molecule has 0 fully saturated rings. The molecule has 0 spiro atoms. The molecule has 6 rings (SSSR count). The van der Waals surface area contributed by atoms with E-state index in [4.69, 9.17) is 4.42 Å². The molecule has 1 aliphatic heterocycles. The number of benzene rings is 3. The minimum absolute atomic E-state index is 0.0494. The maximum atomic E-state index is 13.7. The van der Waals surface area contributed by atoms with Crippen molar-refractivity contribution in [3.63, 3.8) is 0 Å². The monoisotopic (exact) mass is 539 g/mol. The fourth-order valence-electron chi connectivity index (χ4n) is 4.40. The Morgan fingerprint density at radius 3 is 2.53 bits per heavy atom. The van der Waals surface area contributed by atoms with Crippen LogP contribution in [-0.4, -0.2) is 27.0 Å². The van der Waals surface area contributed by atoms with Crippen molar-refractivity contribution in [2.24, 2.45) is 0 Å². The van der Waals surface area contributed by atoms with Gasteiger partial charge in [-0.15, -0.1) is 10.2 Å². The number of thioether (sulfide) groups is 1. The van der Waals surface area contributed by atoms with Gasteiger partial charge in [-0.2, -0.15) is 0 Å². The van der Waals surface area contributed by atoms with E-state index in [1.165, 1.54) is 28.0 Å². The van der Waals surface area contributed by atoms with Crippen LogP contribution in [0.15, 0.2) is 105 Å². The molecule has 1 N–H and O–H groups in total. The van der Waals surface area contributed by atoms with Gasteiger partial charge in [-0.25, -0.2) is 0 Å². The smallest absolute Gasteiger partial charge is 0.296 e. The molecular weight excluding hydrogens is 518 g/mol. The van der Waals surface area contributed by atoms with E-state index in [2.05, 4.69) is 10.2 Å². The van der Waals surface area contributed by atoms with Crippen molar-refractivity contribution in [1.29, 1.82) is 0 Å². The number of hydrogen-bond donors (Lipinski definition) is 1. The van der Waals surface area contributed by atoms with Gasteiger partial charge in [0.25, 0.3) is 5.91 Å². The fourth-order valence-corrected chi connectivity index (χ4v) is 6.23. The quantitative estimate of drug-likeness (QED) is 0.140. The number of carbonyl (C=O) groups is 2. The Balaban J connectivity index is 1.37. The first-order valence-corrected chi connectivity index (χ1v) is 13.7. The van der Waals surface area contributed by atoms with Crippen molar-refractivity contribution in [2.45, 2.75) is 23.1 Å². The lowest BCUT2D eigenvalue weighted by atomic mass is 9.94. The van der Waals surface area contributed by atoms with E-state index in [0.29, 0.717) is 26.4 Å². The molecule has 1 aliphatic rings. The number of carbonyl (C=O) groups excluding carboxylic acids is 2. The molecular formula is C29H21N3O4S2. The third-order valence-electron chi connectivity index (χ3n) is 6.30. The molecule has 0 saturated carbocycles. The summed E-state index contributed by atoms with van der Waals surface area (Å²) in [6.07, 6.45) is 0.